The minimum absolute atomic E-state index is 0. The topological polar surface area (TPSA) is 58.1 Å². The highest BCUT2D eigenvalue weighted by Crippen LogP contribution is 2.43. The van der Waals surface area contributed by atoms with E-state index in [1.54, 1.807) is 7.11 Å². The Morgan fingerprint density at radius 3 is 2.32 bits per heavy atom. The van der Waals surface area contributed by atoms with Crippen molar-refractivity contribution in [3.63, 3.8) is 0 Å². The van der Waals surface area contributed by atoms with Gasteiger partial charge in [-0.3, -0.25) is 9.89 Å². The van der Waals surface area contributed by atoms with Gasteiger partial charge in [0.2, 0.25) is 0 Å². The predicted octanol–water partition coefficient (Wildman–Crippen LogP) is 3.79. The molecular formula is C24H41IN4O2. The number of ether oxygens (including phenoxy) is 2. The van der Waals surface area contributed by atoms with Gasteiger partial charge in [0, 0.05) is 53.5 Å². The van der Waals surface area contributed by atoms with Crippen molar-refractivity contribution in [1.82, 2.24) is 15.5 Å². The number of morpholine rings is 1. The van der Waals surface area contributed by atoms with Crippen LogP contribution in [0.25, 0.3) is 0 Å². The summed E-state index contributed by atoms with van der Waals surface area (Å²) in [5.74, 6) is 0.874. The first kappa shape index (κ1) is 26.4. The summed E-state index contributed by atoms with van der Waals surface area (Å²) in [6.07, 6.45) is 5.63. The van der Waals surface area contributed by atoms with Crippen molar-refractivity contribution in [2.24, 2.45) is 10.4 Å². The summed E-state index contributed by atoms with van der Waals surface area (Å²) in [6.45, 7) is 9.87. The maximum Gasteiger partial charge on any atom is 0.191 e. The van der Waals surface area contributed by atoms with Gasteiger partial charge in [-0.15, -0.1) is 24.0 Å². The van der Waals surface area contributed by atoms with Crippen LogP contribution in [0.5, 0.6) is 0 Å². The van der Waals surface area contributed by atoms with E-state index in [4.69, 9.17) is 9.47 Å². The van der Waals surface area contributed by atoms with E-state index >= 15 is 0 Å². The molecule has 1 aromatic rings. The van der Waals surface area contributed by atoms with Crippen molar-refractivity contribution in [2.45, 2.75) is 64.8 Å². The Kier molecular flexibility index (Phi) is 11.0. The number of hydrogen-bond acceptors (Lipinski definition) is 4. The summed E-state index contributed by atoms with van der Waals surface area (Å²) < 4.78 is 11.1. The Hall–Kier alpha value is -0.900. The Bertz CT molecular complexity index is 669. The van der Waals surface area contributed by atoms with E-state index in [0.29, 0.717) is 17.6 Å². The maximum atomic E-state index is 5.84. The summed E-state index contributed by atoms with van der Waals surface area (Å²) in [7, 11) is 3.62. The lowest BCUT2D eigenvalue weighted by Gasteiger charge is -2.42. The third-order valence-electron chi connectivity index (χ3n) is 6.49. The number of halogens is 1. The molecule has 31 heavy (non-hydrogen) atoms. The van der Waals surface area contributed by atoms with Crippen LogP contribution in [0.1, 0.15) is 50.7 Å². The van der Waals surface area contributed by atoms with Gasteiger partial charge in [0.25, 0.3) is 0 Å². The van der Waals surface area contributed by atoms with Gasteiger partial charge in [0.1, 0.15) is 0 Å². The lowest BCUT2D eigenvalue weighted by atomic mass is 9.67. The second-order valence-corrected chi connectivity index (χ2v) is 9.14. The first-order valence-electron chi connectivity index (χ1n) is 11.4. The van der Waals surface area contributed by atoms with E-state index in [2.05, 4.69) is 58.6 Å². The lowest BCUT2D eigenvalue weighted by molar-refractivity contribution is -0.0704. The third-order valence-corrected chi connectivity index (χ3v) is 6.49. The highest BCUT2D eigenvalue weighted by Gasteiger charge is 2.36. The molecule has 1 aliphatic heterocycles. The number of nitrogens with zero attached hydrogens (tertiary/aromatic N) is 2. The quantitative estimate of drug-likeness (QED) is 0.282. The van der Waals surface area contributed by atoms with Crippen molar-refractivity contribution in [2.75, 3.05) is 40.4 Å². The molecule has 1 saturated carbocycles. The second kappa shape index (κ2) is 13.0. The Morgan fingerprint density at radius 1 is 1.13 bits per heavy atom. The largest absolute Gasteiger partial charge is 0.385 e. The molecule has 176 valence electrons. The Labute approximate surface area is 205 Å². The minimum Gasteiger partial charge on any atom is -0.385 e. The molecule has 2 atom stereocenters. The third kappa shape index (κ3) is 8.18. The zero-order chi connectivity index (χ0) is 21.4. The summed E-state index contributed by atoms with van der Waals surface area (Å²) >= 11 is 0. The molecule has 2 N–H and O–H groups in total. The second-order valence-electron chi connectivity index (χ2n) is 9.14. The highest BCUT2D eigenvalue weighted by molar-refractivity contribution is 14.0. The number of methoxy groups -OCH3 is 1. The monoisotopic (exact) mass is 544 g/mol. The fourth-order valence-corrected chi connectivity index (χ4v) is 4.62. The van der Waals surface area contributed by atoms with Crippen molar-refractivity contribution < 1.29 is 9.47 Å². The predicted molar refractivity (Wildman–Crippen MR) is 138 cm³/mol. The van der Waals surface area contributed by atoms with Gasteiger partial charge in [-0.1, -0.05) is 30.7 Å². The molecule has 1 saturated heterocycles. The van der Waals surface area contributed by atoms with E-state index < -0.39 is 0 Å². The first-order valence-corrected chi connectivity index (χ1v) is 11.4. The average Bonchev–Trinajstić information content (AvgIpc) is 2.69. The average molecular weight is 545 g/mol. The van der Waals surface area contributed by atoms with E-state index in [1.807, 2.05) is 7.05 Å². The lowest BCUT2D eigenvalue weighted by Crippen LogP contribution is -2.46. The molecule has 1 aliphatic carbocycles. The van der Waals surface area contributed by atoms with Crippen LogP contribution in [0.2, 0.25) is 0 Å². The molecule has 0 bridgehead atoms. The molecule has 1 heterocycles. The van der Waals surface area contributed by atoms with Gasteiger partial charge in [-0.25, -0.2) is 0 Å². The molecule has 2 aliphatic rings. The van der Waals surface area contributed by atoms with Crippen LogP contribution in [-0.2, 0) is 22.6 Å². The number of benzene rings is 1. The van der Waals surface area contributed by atoms with E-state index in [0.717, 1.165) is 51.7 Å². The van der Waals surface area contributed by atoms with Gasteiger partial charge in [-0.2, -0.15) is 0 Å². The SMILES string of the molecule is CN=C(NCc1ccc(CN2CC(C)OC(C)C2)cc1)NCC1(CCOC)CCC1.I. The van der Waals surface area contributed by atoms with Gasteiger partial charge < -0.3 is 20.1 Å². The zero-order valence-corrected chi connectivity index (χ0v) is 22.0. The Morgan fingerprint density at radius 2 is 1.77 bits per heavy atom. The first-order chi connectivity index (χ1) is 14.5. The molecule has 0 aromatic heterocycles. The van der Waals surface area contributed by atoms with Gasteiger partial charge >= 0.3 is 0 Å². The van der Waals surface area contributed by atoms with E-state index in [9.17, 15) is 0 Å². The van der Waals surface area contributed by atoms with Crippen molar-refractivity contribution in [3.8, 4) is 0 Å². The van der Waals surface area contributed by atoms with Crippen LogP contribution in [0.15, 0.2) is 29.3 Å². The number of hydrogen-bond donors (Lipinski definition) is 2. The van der Waals surface area contributed by atoms with Gasteiger partial charge in [0.05, 0.1) is 12.2 Å². The molecule has 7 heteroatoms. The zero-order valence-electron chi connectivity index (χ0n) is 19.7. The molecule has 0 radical (unpaired) electrons. The maximum absolute atomic E-state index is 5.84. The molecule has 0 spiro atoms. The van der Waals surface area contributed by atoms with Crippen LogP contribution >= 0.6 is 24.0 Å². The molecule has 1 aromatic carbocycles. The molecule has 2 unspecified atom stereocenters. The Balaban J connectivity index is 0.00000341. The summed E-state index contributed by atoms with van der Waals surface area (Å²) in [6, 6.07) is 8.92. The summed E-state index contributed by atoms with van der Waals surface area (Å²) in [4.78, 5) is 6.88. The number of aliphatic imine (C=N–C) groups is 1. The molecular weight excluding hydrogens is 503 g/mol. The van der Waals surface area contributed by atoms with Gasteiger partial charge in [-0.05, 0) is 49.7 Å². The van der Waals surface area contributed by atoms with Crippen molar-refractivity contribution >= 4 is 29.9 Å². The molecule has 3 rings (SSSR count). The summed E-state index contributed by atoms with van der Waals surface area (Å²) in [5.41, 5.74) is 3.00. The number of nitrogens with one attached hydrogen (secondary N) is 2. The normalized spacial score (nSPS) is 23.5. The van der Waals surface area contributed by atoms with Crippen LogP contribution in [-0.4, -0.2) is 63.5 Å². The van der Waals surface area contributed by atoms with Gasteiger partial charge in [0.15, 0.2) is 5.96 Å². The standard InChI is InChI=1S/C24H40N4O2.HI/c1-19-15-28(16-20(2)30-19)17-22-8-6-21(7-9-22)14-26-23(25-3)27-18-24(10-5-11-24)12-13-29-4;/h6-9,19-20H,5,10-18H2,1-4H3,(H2,25,26,27);1H. The van der Waals surface area contributed by atoms with E-state index in [-0.39, 0.29) is 24.0 Å². The minimum atomic E-state index is 0. The fraction of sp³-hybridized carbons (Fsp3) is 0.708. The van der Waals surface area contributed by atoms with Crippen LogP contribution in [0.4, 0.5) is 0 Å². The molecule has 0 amide bonds. The van der Waals surface area contributed by atoms with Crippen LogP contribution in [0.3, 0.4) is 0 Å². The smallest absolute Gasteiger partial charge is 0.191 e. The van der Waals surface area contributed by atoms with Crippen molar-refractivity contribution in [3.05, 3.63) is 35.4 Å². The van der Waals surface area contributed by atoms with Crippen molar-refractivity contribution in [1.29, 1.82) is 0 Å². The number of rotatable bonds is 9. The fourth-order valence-electron chi connectivity index (χ4n) is 4.62. The number of guanidine groups is 1. The molecule has 2 fully saturated rings. The molecule has 6 nitrogen and oxygen atoms in total. The van der Waals surface area contributed by atoms with Crippen LogP contribution < -0.4 is 10.6 Å². The van der Waals surface area contributed by atoms with E-state index in [1.165, 1.54) is 30.4 Å². The highest BCUT2D eigenvalue weighted by atomic mass is 127. The summed E-state index contributed by atoms with van der Waals surface area (Å²) in [5, 5.41) is 6.99. The van der Waals surface area contributed by atoms with Crippen LogP contribution in [0, 0.1) is 5.41 Å².